The first-order chi connectivity index (χ1) is 19.1. The highest BCUT2D eigenvalue weighted by molar-refractivity contribution is 5.70. The predicted octanol–water partition coefficient (Wildman–Crippen LogP) is 0.589. The third-order valence-corrected chi connectivity index (χ3v) is 7.67. The zero-order chi connectivity index (χ0) is 30.3. The van der Waals surface area contributed by atoms with Gasteiger partial charge in [-0.25, -0.2) is 0 Å². The van der Waals surface area contributed by atoms with E-state index in [-0.39, 0.29) is 43.0 Å². The fourth-order valence-electron chi connectivity index (χ4n) is 5.93. The smallest absolute Gasteiger partial charge is 0.305 e. The SMILES string of the molecule is COC(=O)CC1[C@@H](C(O)CO)O[C@@H]2OC(C)(C)O[C@H]12.COC(=O)CC1[C@@H](C2COC(C)(C)O2)O[C@@H]2OC(C)(C)O[C@H]12. The molecular weight excluding hydrogens is 548 g/mol. The Morgan fingerprint density at radius 2 is 1.27 bits per heavy atom. The first kappa shape index (κ1) is 32.5. The molecule has 4 unspecified atom stereocenters. The molecule has 0 spiro atoms. The van der Waals surface area contributed by atoms with Crippen molar-refractivity contribution in [3.63, 3.8) is 0 Å². The van der Waals surface area contributed by atoms with Crippen LogP contribution in [0.5, 0.6) is 0 Å². The Labute approximate surface area is 239 Å². The molecule has 14 heteroatoms. The van der Waals surface area contributed by atoms with E-state index in [4.69, 9.17) is 47.7 Å². The molecule has 5 fully saturated rings. The summed E-state index contributed by atoms with van der Waals surface area (Å²) >= 11 is 0. The average molecular weight is 593 g/mol. The van der Waals surface area contributed by atoms with Crippen LogP contribution in [0, 0.1) is 11.8 Å². The first-order valence-electron chi connectivity index (χ1n) is 13.8. The number of ether oxygens (including phenoxy) is 10. The van der Waals surface area contributed by atoms with Crippen LogP contribution >= 0.6 is 0 Å². The molecular formula is C27H44O14. The van der Waals surface area contributed by atoms with Gasteiger partial charge in [-0.05, 0) is 41.5 Å². The van der Waals surface area contributed by atoms with Crippen molar-refractivity contribution in [3.8, 4) is 0 Å². The van der Waals surface area contributed by atoms with Gasteiger partial charge in [0.05, 0.1) is 52.5 Å². The molecule has 0 aliphatic carbocycles. The van der Waals surface area contributed by atoms with Gasteiger partial charge in [0.15, 0.2) is 29.9 Å². The van der Waals surface area contributed by atoms with Crippen molar-refractivity contribution in [3.05, 3.63) is 0 Å². The molecule has 2 N–H and O–H groups in total. The number of fused-ring (bicyclic) bond motifs is 2. The van der Waals surface area contributed by atoms with E-state index in [9.17, 15) is 14.7 Å². The van der Waals surface area contributed by atoms with E-state index in [0.29, 0.717) is 6.61 Å². The lowest BCUT2D eigenvalue weighted by Gasteiger charge is -2.28. The lowest BCUT2D eigenvalue weighted by Crippen LogP contribution is -2.40. The number of esters is 2. The van der Waals surface area contributed by atoms with Crippen molar-refractivity contribution in [2.75, 3.05) is 27.4 Å². The van der Waals surface area contributed by atoms with Crippen LogP contribution in [0.3, 0.4) is 0 Å². The van der Waals surface area contributed by atoms with Gasteiger partial charge in [0.1, 0.15) is 24.4 Å². The van der Waals surface area contributed by atoms with Crippen LogP contribution in [0.4, 0.5) is 0 Å². The molecule has 236 valence electrons. The Balaban J connectivity index is 0.000000191. The van der Waals surface area contributed by atoms with Crippen LogP contribution in [0.1, 0.15) is 54.4 Å². The van der Waals surface area contributed by atoms with Crippen molar-refractivity contribution >= 4 is 11.9 Å². The minimum atomic E-state index is -1.09. The Morgan fingerprint density at radius 1 is 0.756 bits per heavy atom. The monoisotopic (exact) mass is 592 g/mol. The Bertz CT molecular complexity index is 937. The maximum absolute atomic E-state index is 11.8. The fraction of sp³-hybridized carbons (Fsp3) is 0.926. The average Bonchev–Trinajstić information content (AvgIpc) is 3.65. The van der Waals surface area contributed by atoms with Crippen LogP contribution in [-0.4, -0.2) is 116 Å². The number of aliphatic hydroxyl groups excluding tert-OH is 2. The van der Waals surface area contributed by atoms with E-state index in [2.05, 4.69) is 4.74 Å². The summed E-state index contributed by atoms with van der Waals surface area (Å²) in [7, 11) is 2.67. The van der Waals surface area contributed by atoms with Crippen LogP contribution < -0.4 is 0 Å². The van der Waals surface area contributed by atoms with Gasteiger partial charge < -0.3 is 57.6 Å². The number of hydrogen-bond donors (Lipinski definition) is 2. The molecule has 5 rings (SSSR count). The number of rotatable bonds is 7. The van der Waals surface area contributed by atoms with Gasteiger partial charge in [-0.1, -0.05) is 0 Å². The minimum Gasteiger partial charge on any atom is -0.469 e. The number of methoxy groups -OCH3 is 2. The van der Waals surface area contributed by atoms with Gasteiger partial charge in [0.2, 0.25) is 0 Å². The molecule has 0 saturated carbocycles. The van der Waals surface area contributed by atoms with Crippen LogP contribution in [0.25, 0.3) is 0 Å². The van der Waals surface area contributed by atoms with Crippen molar-refractivity contribution < 1.29 is 67.2 Å². The van der Waals surface area contributed by atoms with Crippen molar-refractivity contribution in [1.29, 1.82) is 0 Å². The Morgan fingerprint density at radius 3 is 1.76 bits per heavy atom. The summed E-state index contributed by atoms with van der Waals surface area (Å²) < 4.78 is 55.4. The molecule has 41 heavy (non-hydrogen) atoms. The van der Waals surface area contributed by atoms with Gasteiger partial charge in [0, 0.05) is 11.8 Å². The maximum atomic E-state index is 11.8. The molecule has 5 aliphatic rings. The number of hydrogen-bond acceptors (Lipinski definition) is 14. The third kappa shape index (κ3) is 7.37. The number of carbonyl (C=O) groups excluding carboxylic acids is 2. The van der Waals surface area contributed by atoms with Crippen LogP contribution in [-0.2, 0) is 57.0 Å². The van der Waals surface area contributed by atoms with Gasteiger partial charge in [-0.15, -0.1) is 0 Å². The standard InChI is InChI=1S/C15H24O7.C12H20O7/c1-14(2)18-7-9(20-14)11-8(6-10(16)17-5)12-13(19-11)22-15(3,4)21-12;1-12(2)18-10-6(4-8(15)16-3)9(7(14)5-13)17-11(10)19-12/h8-9,11-13H,6-7H2,1-5H3;6-7,9-11,13-14H,4-5H2,1-3H3/t8?,9?,11-,12+,13+;6?,7?,9-,10+,11+/m00/s1. The van der Waals surface area contributed by atoms with E-state index in [1.165, 1.54) is 14.2 Å². The highest BCUT2D eigenvalue weighted by Crippen LogP contribution is 2.45. The molecule has 14 nitrogen and oxygen atoms in total. The Hall–Kier alpha value is -1.46. The molecule has 0 aromatic rings. The van der Waals surface area contributed by atoms with Crippen molar-refractivity contribution in [2.45, 2.75) is 121 Å². The number of aliphatic hydroxyl groups is 2. The van der Waals surface area contributed by atoms with Gasteiger partial charge in [-0.3, -0.25) is 9.59 Å². The lowest BCUT2D eigenvalue weighted by atomic mass is 9.91. The third-order valence-electron chi connectivity index (χ3n) is 7.67. The molecule has 0 amide bonds. The van der Waals surface area contributed by atoms with Crippen LogP contribution in [0.15, 0.2) is 0 Å². The predicted molar refractivity (Wildman–Crippen MR) is 136 cm³/mol. The Kier molecular flexibility index (Phi) is 9.71. The van der Waals surface area contributed by atoms with E-state index < -0.39 is 66.7 Å². The minimum absolute atomic E-state index is 0.0405. The van der Waals surface area contributed by atoms with Gasteiger partial charge >= 0.3 is 11.9 Å². The lowest BCUT2D eigenvalue weighted by molar-refractivity contribution is -0.227. The van der Waals surface area contributed by atoms with Crippen molar-refractivity contribution in [1.82, 2.24) is 0 Å². The molecule has 0 aromatic carbocycles. The van der Waals surface area contributed by atoms with E-state index >= 15 is 0 Å². The second-order valence-corrected chi connectivity index (χ2v) is 12.1. The number of carbonyl (C=O) groups is 2. The zero-order valence-corrected chi connectivity index (χ0v) is 24.9. The maximum Gasteiger partial charge on any atom is 0.305 e. The van der Waals surface area contributed by atoms with Crippen molar-refractivity contribution in [2.24, 2.45) is 11.8 Å². The van der Waals surface area contributed by atoms with E-state index in [1.54, 1.807) is 13.8 Å². The summed E-state index contributed by atoms with van der Waals surface area (Å²) in [5.41, 5.74) is 0. The highest BCUT2D eigenvalue weighted by atomic mass is 16.8. The summed E-state index contributed by atoms with van der Waals surface area (Å²) in [6.07, 6.45) is -4.06. The first-order valence-corrected chi connectivity index (χ1v) is 13.8. The molecule has 0 bridgehead atoms. The topological polar surface area (TPSA) is 167 Å². The van der Waals surface area contributed by atoms with Gasteiger partial charge in [-0.2, -0.15) is 0 Å². The van der Waals surface area contributed by atoms with Gasteiger partial charge in [0.25, 0.3) is 0 Å². The normalized spacial score (nSPS) is 40.3. The highest BCUT2D eigenvalue weighted by Gasteiger charge is 2.59. The zero-order valence-electron chi connectivity index (χ0n) is 24.9. The second-order valence-electron chi connectivity index (χ2n) is 12.1. The largest absolute Gasteiger partial charge is 0.469 e. The van der Waals surface area contributed by atoms with E-state index in [1.807, 2.05) is 27.7 Å². The molecule has 0 radical (unpaired) electrons. The fourth-order valence-corrected chi connectivity index (χ4v) is 5.93. The molecule has 5 heterocycles. The summed E-state index contributed by atoms with van der Waals surface area (Å²) in [6.45, 7) is 10.8. The second kappa shape index (κ2) is 12.3. The van der Waals surface area contributed by atoms with E-state index in [0.717, 1.165) is 0 Å². The van der Waals surface area contributed by atoms with Crippen LogP contribution in [0.2, 0.25) is 0 Å². The quantitative estimate of drug-likeness (QED) is 0.394. The molecule has 10 atom stereocenters. The summed E-state index contributed by atoms with van der Waals surface area (Å²) in [6, 6.07) is 0. The molecule has 5 saturated heterocycles. The summed E-state index contributed by atoms with van der Waals surface area (Å²) in [5, 5.41) is 18.8. The molecule has 5 aliphatic heterocycles. The summed E-state index contributed by atoms with van der Waals surface area (Å²) in [5.74, 6) is -3.49. The summed E-state index contributed by atoms with van der Waals surface area (Å²) in [4.78, 5) is 23.2. The molecule has 0 aromatic heterocycles.